The highest BCUT2D eigenvalue weighted by atomic mass is 32.2. The zero-order valence-corrected chi connectivity index (χ0v) is 28.9. The van der Waals surface area contributed by atoms with Crippen molar-refractivity contribution in [3.05, 3.63) is 52.3 Å². The third kappa shape index (κ3) is 7.46. The molecule has 1 atom stereocenters. The first-order valence-electron chi connectivity index (χ1n) is 16.1. The van der Waals surface area contributed by atoms with E-state index in [1.807, 2.05) is 6.07 Å². The third-order valence-electron chi connectivity index (χ3n) is 9.60. The maximum atomic E-state index is 12.9. The minimum absolute atomic E-state index is 0.113. The number of benzene rings is 1. The fourth-order valence-electron chi connectivity index (χ4n) is 6.85. The zero-order chi connectivity index (χ0) is 34.2. The summed E-state index contributed by atoms with van der Waals surface area (Å²) in [6.07, 6.45) is -2.09. The Morgan fingerprint density at radius 1 is 1.08 bits per heavy atom. The fourth-order valence-corrected chi connectivity index (χ4v) is 8.78. The molecule has 0 saturated carbocycles. The second-order valence-corrected chi connectivity index (χ2v) is 15.7. The summed E-state index contributed by atoms with van der Waals surface area (Å²) in [5.41, 5.74) is 3.98. The summed E-state index contributed by atoms with van der Waals surface area (Å²) in [4.78, 5) is 14.0. The number of nitriles is 1. The van der Waals surface area contributed by atoms with E-state index in [4.69, 9.17) is 0 Å². The Morgan fingerprint density at radius 3 is 2.48 bits per heavy atom. The molecule has 0 radical (unpaired) electrons. The molecule has 0 amide bonds. The maximum absolute atomic E-state index is 12.9. The number of piperidine rings is 1. The number of alkyl halides is 3. The minimum atomic E-state index is -4.27. The summed E-state index contributed by atoms with van der Waals surface area (Å²) >= 11 is 1.06. The number of piperazine rings is 1. The van der Waals surface area contributed by atoms with Crippen molar-refractivity contribution in [3.63, 3.8) is 0 Å². The van der Waals surface area contributed by atoms with Crippen molar-refractivity contribution in [3.8, 4) is 6.07 Å². The molecule has 2 saturated heterocycles. The Bertz CT molecular complexity index is 1920. The first-order chi connectivity index (χ1) is 22.8. The van der Waals surface area contributed by atoms with Crippen LogP contribution in [0.1, 0.15) is 41.5 Å². The number of hydrogen-bond donors (Lipinski definition) is 2. The normalized spacial score (nSPS) is 18.4. The topological polar surface area (TPSA) is 122 Å². The van der Waals surface area contributed by atoms with Gasteiger partial charge in [0.2, 0.25) is 0 Å². The number of thiophene rings is 1. The molecule has 5 heterocycles. The van der Waals surface area contributed by atoms with Crippen molar-refractivity contribution < 1.29 is 21.6 Å². The molecule has 2 aliphatic heterocycles. The number of aromatic nitrogens is 3. The Kier molecular flexibility index (Phi) is 9.99. The molecular formula is C32H40F3N9O2S2. The highest BCUT2D eigenvalue weighted by Crippen LogP contribution is 2.33. The van der Waals surface area contributed by atoms with Crippen LogP contribution >= 0.6 is 11.3 Å². The molecule has 2 aliphatic rings. The van der Waals surface area contributed by atoms with E-state index in [0.29, 0.717) is 54.5 Å². The number of anilines is 1. The van der Waals surface area contributed by atoms with Gasteiger partial charge in [-0.25, -0.2) is 14.7 Å². The van der Waals surface area contributed by atoms with Gasteiger partial charge in [0.25, 0.3) is 10.2 Å². The molecule has 2 N–H and O–H groups in total. The summed E-state index contributed by atoms with van der Waals surface area (Å²) in [6.45, 7) is 9.44. The lowest BCUT2D eigenvalue weighted by molar-refractivity contribution is -0.126. The number of nitrogens with one attached hydrogen (secondary N) is 2. The predicted molar refractivity (Wildman–Crippen MR) is 181 cm³/mol. The number of likely N-dealkylation sites (tertiary alicyclic amines) is 1. The van der Waals surface area contributed by atoms with Gasteiger partial charge in [-0.1, -0.05) is 6.07 Å². The van der Waals surface area contributed by atoms with Crippen molar-refractivity contribution in [2.24, 2.45) is 0 Å². The van der Waals surface area contributed by atoms with Crippen LogP contribution in [-0.2, 0) is 29.7 Å². The molecule has 16 heteroatoms. The standard InChI is InChI=1S/C32H40F3N9O2S2/c1-21(42-10-12-43(13-11-42)48(45,46)37-3)18-44-25(17-36)14-27-22(2)23(4-5-29(27)44)19-41-8-6-24(7-9-41)40-30-28-15-26(16-32(33,34)35)47-31(28)39-20-38-30/h4-5,14-15,20-21,24,37H,6-13,16,18-19H2,1-3H3,(H,38,39,40). The van der Waals surface area contributed by atoms with Crippen molar-refractivity contribution in [2.75, 3.05) is 51.6 Å². The quantitative estimate of drug-likeness (QED) is 0.248. The average Bonchev–Trinajstić information content (AvgIpc) is 3.63. The second kappa shape index (κ2) is 13.9. The van der Waals surface area contributed by atoms with E-state index in [0.717, 1.165) is 60.3 Å². The van der Waals surface area contributed by atoms with Gasteiger partial charge in [-0.2, -0.15) is 31.2 Å². The molecular weight excluding hydrogens is 664 g/mol. The molecule has 1 unspecified atom stereocenters. The van der Waals surface area contributed by atoms with Crippen LogP contribution in [-0.4, -0.2) is 102 Å². The van der Waals surface area contributed by atoms with Gasteiger partial charge in [-0.15, -0.1) is 11.3 Å². The molecule has 0 bridgehead atoms. The van der Waals surface area contributed by atoms with Gasteiger partial charge in [-0.3, -0.25) is 9.80 Å². The number of nitrogens with zero attached hydrogens (tertiary/aromatic N) is 7. The van der Waals surface area contributed by atoms with E-state index in [1.165, 1.54) is 23.2 Å². The first-order valence-corrected chi connectivity index (χ1v) is 18.3. The summed E-state index contributed by atoms with van der Waals surface area (Å²) in [6, 6.07) is 10.4. The minimum Gasteiger partial charge on any atom is -0.367 e. The number of halogens is 3. The number of hydrogen-bond acceptors (Lipinski definition) is 9. The maximum Gasteiger partial charge on any atom is 0.393 e. The van der Waals surface area contributed by atoms with Crippen LogP contribution in [0.25, 0.3) is 21.1 Å². The molecule has 48 heavy (non-hydrogen) atoms. The highest BCUT2D eigenvalue weighted by Gasteiger charge is 2.30. The van der Waals surface area contributed by atoms with Crippen LogP contribution < -0.4 is 10.0 Å². The van der Waals surface area contributed by atoms with Crippen molar-refractivity contribution in [2.45, 2.75) is 64.5 Å². The van der Waals surface area contributed by atoms with Crippen LogP contribution in [0.4, 0.5) is 19.0 Å². The number of aryl methyl sites for hydroxylation is 1. The van der Waals surface area contributed by atoms with Crippen LogP contribution in [0.5, 0.6) is 0 Å². The van der Waals surface area contributed by atoms with Gasteiger partial charge in [0.15, 0.2) is 0 Å². The van der Waals surface area contributed by atoms with E-state index in [-0.39, 0.29) is 17.0 Å². The summed E-state index contributed by atoms with van der Waals surface area (Å²) in [5.74, 6) is 0.584. The Balaban J connectivity index is 1.08. The molecule has 2 fully saturated rings. The van der Waals surface area contributed by atoms with E-state index < -0.39 is 22.8 Å². The number of rotatable bonds is 10. The van der Waals surface area contributed by atoms with Gasteiger partial charge < -0.3 is 9.88 Å². The van der Waals surface area contributed by atoms with E-state index in [9.17, 15) is 26.9 Å². The summed E-state index contributed by atoms with van der Waals surface area (Å²) in [7, 11) is -2.01. The van der Waals surface area contributed by atoms with Crippen LogP contribution in [0.15, 0.2) is 30.6 Å². The van der Waals surface area contributed by atoms with E-state index in [2.05, 4.69) is 66.4 Å². The SMILES string of the molecule is CNS(=O)(=O)N1CCN(C(C)Cn2c(C#N)cc3c(C)c(CN4CCC(Nc5ncnc6sc(CC(F)(F)F)cc56)CC4)ccc32)CC1. The van der Waals surface area contributed by atoms with Gasteiger partial charge >= 0.3 is 6.18 Å². The second-order valence-electron chi connectivity index (χ2n) is 12.7. The van der Waals surface area contributed by atoms with Crippen LogP contribution in [0.3, 0.4) is 0 Å². The van der Waals surface area contributed by atoms with Crippen LogP contribution in [0.2, 0.25) is 0 Å². The first kappa shape index (κ1) is 34.5. The highest BCUT2D eigenvalue weighted by molar-refractivity contribution is 7.87. The van der Waals surface area contributed by atoms with Gasteiger partial charge in [0, 0.05) is 87.3 Å². The Hall–Kier alpha value is -3.33. The molecule has 11 nitrogen and oxygen atoms in total. The van der Waals surface area contributed by atoms with Gasteiger partial charge in [0.05, 0.1) is 11.8 Å². The average molecular weight is 704 g/mol. The smallest absolute Gasteiger partial charge is 0.367 e. The van der Waals surface area contributed by atoms with Crippen LogP contribution in [0, 0.1) is 18.3 Å². The van der Waals surface area contributed by atoms with Crippen molar-refractivity contribution >= 4 is 48.5 Å². The van der Waals surface area contributed by atoms with Crippen molar-refractivity contribution in [1.29, 1.82) is 5.26 Å². The molecule has 6 rings (SSSR count). The summed E-state index contributed by atoms with van der Waals surface area (Å²) in [5, 5.41) is 15.2. The van der Waals surface area contributed by atoms with E-state index in [1.54, 1.807) is 6.07 Å². The van der Waals surface area contributed by atoms with Crippen molar-refractivity contribution in [1.82, 2.24) is 33.4 Å². The molecule has 1 aromatic carbocycles. The fraction of sp³-hybridized carbons (Fsp3) is 0.531. The molecule has 258 valence electrons. The Labute approximate surface area is 282 Å². The predicted octanol–water partition coefficient (Wildman–Crippen LogP) is 4.48. The van der Waals surface area contributed by atoms with E-state index >= 15 is 0 Å². The Morgan fingerprint density at radius 2 is 1.81 bits per heavy atom. The molecule has 3 aromatic heterocycles. The lowest BCUT2D eigenvalue weighted by Gasteiger charge is -2.37. The molecule has 4 aromatic rings. The lowest BCUT2D eigenvalue weighted by atomic mass is 10.0. The van der Waals surface area contributed by atoms with Gasteiger partial charge in [-0.05, 0) is 56.0 Å². The lowest BCUT2D eigenvalue weighted by Crippen LogP contribution is -2.54. The third-order valence-corrected chi connectivity index (χ3v) is 12.2. The number of fused-ring (bicyclic) bond motifs is 2. The molecule has 0 spiro atoms. The molecule has 0 aliphatic carbocycles. The van der Waals surface area contributed by atoms with Gasteiger partial charge in [0.1, 0.15) is 28.7 Å². The summed E-state index contributed by atoms with van der Waals surface area (Å²) < 4.78 is 69.1. The zero-order valence-electron chi connectivity index (χ0n) is 27.2. The monoisotopic (exact) mass is 703 g/mol. The largest absolute Gasteiger partial charge is 0.393 e.